The van der Waals surface area contributed by atoms with Gasteiger partial charge in [0.15, 0.2) is 5.82 Å². The number of aromatic nitrogens is 2. The number of hydrogen-bond acceptors (Lipinski definition) is 6. The third-order valence-corrected chi connectivity index (χ3v) is 6.35. The van der Waals surface area contributed by atoms with Crippen LogP contribution in [0.25, 0.3) is 11.0 Å². The fourth-order valence-corrected chi connectivity index (χ4v) is 4.44. The third-order valence-electron chi connectivity index (χ3n) is 5.39. The van der Waals surface area contributed by atoms with Crippen LogP contribution in [0.5, 0.6) is 5.75 Å². The van der Waals surface area contributed by atoms with Crippen molar-refractivity contribution in [2.24, 2.45) is 5.92 Å². The van der Waals surface area contributed by atoms with Crippen molar-refractivity contribution in [2.45, 2.75) is 31.7 Å². The molecule has 0 atom stereocenters. The number of nitrogens with one attached hydrogen (secondary N) is 1. The maximum absolute atomic E-state index is 12.6. The number of hydrogen-bond donors (Lipinski definition) is 1. The molecule has 1 aliphatic heterocycles. The average Bonchev–Trinajstić information content (AvgIpc) is 2.79. The molecule has 0 unspecified atom stereocenters. The molecule has 0 saturated carbocycles. The van der Waals surface area contributed by atoms with Gasteiger partial charge in [-0.05, 0) is 62.1 Å². The summed E-state index contributed by atoms with van der Waals surface area (Å²) in [5, 5.41) is 3.76. The zero-order valence-electron chi connectivity index (χ0n) is 18.0. The number of anilines is 2. The second kappa shape index (κ2) is 10.0. The summed E-state index contributed by atoms with van der Waals surface area (Å²) in [6.45, 7) is 6.80. The first kappa shape index (κ1) is 21.4. The summed E-state index contributed by atoms with van der Waals surface area (Å²) in [6.07, 6.45) is 2.30. The van der Waals surface area contributed by atoms with Crippen LogP contribution in [-0.4, -0.2) is 41.3 Å². The molecule has 0 spiro atoms. The first-order valence-corrected chi connectivity index (χ1v) is 11.8. The largest absolute Gasteiger partial charge is 0.494 e. The maximum atomic E-state index is 12.6. The highest BCUT2D eigenvalue weighted by Crippen LogP contribution is 2.31. The Bertz CT molecular complexity index is 1030. The Labute approximate surface area is 187 Å². The number of para-hydroxylation sites is 2. The van der Waals surface area contributed by atoms with Crippen LogP contribution in [0.15, 0.2) is 53.6 Å². The highest BCUT2D eigenvalue weighted by molar-refractivity contribution is 8.00. The third kappa shape index (κ3) is 5.47. The number of piperidine rings is 1. The van der Waals surface area contributed by atoms with Crippen molar-refractivity contribution in [3.8, 4) is 5.75 Å². The minimum Gasteiger partial charge on any atom is -0.494 e. The van der Waals surface area contributed by atoms with Crippen LogP contribution >= 0.6 is 11.8 Å². The van der Waals surface area contributed by atoms with Crippen molar-refractivity contribution >= 4 is 40.2 Å². The topological polar surface area (TPSA) is 67.3 Å². The fraction of sp³-hybridized carbons (Fsp3) is 0.375. The van der Waals surface area contributed by atoms with Crippen LogP contribution in [0.1, 0.15) is 26.7 Å². The number of benzene rings is 2. The minimum absolute atomic E-state index is 0.0673. The molecular formula is C24H28N4O2S. The van der Waals surface area contributed by atoms with Gasteiger partial charge in [0.2, 0.25) is 5.91 Å². The van der Waals surface area contributed by atoms with E-state index < -0.39 is 0 Å². The van der Waals surface area contributed by atoms with Crippen LogP contribution < -0.4 is 15.0 Å². The lowest BCUT2D eigenvalue weighted by atomic mass is 9.99. The van der Waals surface area contributed by atoms with Crippen LogP contribution in [0.4, 0.5) is 11.5 Å². The van der Waals surface area contributed by atoms with Crippen LogP contribution in [0.3, 0.4) is 0 Å². The first-order valence-electron chi connectivity index (χ1n) is 10.8. The molecule has 162 valence electrons. The molecule has 1 fully saturated rings. The van der Waals surface area contributed by atoms with E-state index in [1.54, 1.807) is 0 Å². The number of thioether (sulfide) groups is 1. The molecule has 3 aromatic rings. The minimum atomic E-state index is -0.0673. The van der Waals surface area contributed by atoms with Crippen molar-refractivity contribution < 1.29 is 9.53 Å². The lowest BCUT2D eigenvalue weighted by molar-refractivity contribution is -0.113. The summed E-state index contributed by atoms with van der Waals surface area (Å²) in [6, 6.07) is 15.3. The first-order chi connectivity index (χ1) is 15.1. The number of nitrogens with zero attached hydrogens (tertiary/aromatic N) is 3. The van der Waals surface area contributed by atoms with E-state index in [4.69, 9.17) is 14.7 Å². The highest BCUT2D eigenvalue weighted by atomic mass is 32.2. The number of fused-ring (bicyclic) bond motifs is 1. The summed E-state index contributed by atoms with van der Waals surface area (Å²) < 4.78 is 5.45. The molecule has 0 bridgehead atoms. The number of ether oxygens (including phenoxy) is 1. The van der Waals surface area contributed by atoms with Gasteiger partial charge in [-0.3, -0.25) is 4.79 Å². The van der Waals surface area contributed by atoms with Gasteiger partial charge >= 0.3 is 0 Å². The van der Waals surface area contributed by atoms with E-state index in [0.29, 0.717) is 6.61 Å². The van der Waals surface area contributed by atoms with Gasteiger partial charge in [-0.1, -0.05) is 30.8 Å². The Balaban J connectivity index is 1.47. The van der Waals surface area contributed by atoms with Gasteiger partial charge in [-0.2, -0.15) is 0 Å². The van der Waals surface area contributed by atoms with Gasteiger partial charge in [0.1, 0.15) is 10.8 Å². The van der Waals surface area contributed by atoms with Gasteiger partial charge in [0.25, 0.3) is 0 Å². The summed E-state index contributed by atoms with van der Waals surface area (Å²) >= 11 is 1.44. The quantitative estimate of drug-likeness (QED) is 0.526. The van der Waals surface area contributed by atoms with Gasteiger partial charge in [0, 0.05) is 18.8 Å². The van der Waals surface area contributed by atoms with Gasteiger partial charge in [0.05, 0.1) is 23.4 Å². The van der Waals surface area contributed by atoms with E-state index in [0.717, 1.165) is 65.2 Å². The Morgan fingerprint density at radius 1 is 1.10 bits per heavy atom. The van der Waals surface area contributed by atoms with Crippen molar-refractivity contribution in [1.29, 1.82) is 0 Å². The predicted octanol–water partition coefficient (Wildman–Crippen LogP) is 5.00. The Morgan fingerprint density at radius 3 is 2.45 bits per heavy atom. The fourth-order valence-electron chi connectivity index (χ4n) is 3.63. The van der Waals surface area contributed by atoms with Gasteiger partial charge in [-0.25, -0.2) is 9.97 Å². The molecular weight excluding hydrogens is 408 g/mol. The molecule has 2 heterocycles. The zero-order valence-corrected chi connectivity index (χ0v) is 18.8. The SMILES string of the molecule is CCOc1ccc(NC(=O)CSc2nc3ccccc3nc2N2CCC(C)CC2)cc1. The van der Waals surface area contributed by atoms with Crippen molar-refractivity contribution in [3.63, 3.8) is 0 Å². The normalized spacial score (nSPS) is 14.6. The molecule has 1 N–H and O–H groups in total. The average molecular weight is 437 g/mol. The van der Waals surface area contributed by atoms with E-state index in [9.17, 15) is 4.79 Å². The molecule has 1 saturated heterocycles. The number of amides is 1. The number of carbonyl (C=O) groups is 1. The molecule has 7 heteroatoms. The van der Waals surface area contributed by atoms with E-state index in [2.05, 4.69) is 17.1 Å². The standard InChI is InChI=1S/C24H28N4O2S/c1-3-30-19-10-8-18(9-11-19)25-22(29)16-31-24-23(28-14-12-17(2)13-15-28)26-20-6-4-5-7-21(20)27-24/h4-11,17H,3,12-16H2,1-2H3,(H,25,29). The van der Waals surface area contributed by atoms with Crippen molar-refractivity contribution in [3.05, 3.63) is 48.5 Å². The molecule has 6 nitrogen and oxygen atoms in total. The Morgan fingerprint density at radius 2 is 1.77 bits per heavy atom. The second-order valence-electron chi connectivity index (χ2n) is 7.80. The van der Waals surface area contributed by atoms with Gasteiger partial charge in [-0.15, -0.1) is 0 Å². The summed E-state index contributed by atoms with van der Waals surface area (Å²) in [5.41, 5.74) is 2.49. The monoisotopic (exact) mass is 436 g/mol. The van der Waals surface area contributed by atoms with E-state index >= 15 is 0 Å². The molecule has 4 rings (SSSR count). The lowest BCUT2D eigenvalue weighted by Gasteiger charge is -2.32. The van der Waals surface area contributed by atoms with Crippen LogP contribution in [-0.2, 0) is 4.79 Å². The molecule has 0 radical (unpaired) electrons. The van der Waals surface area contributed by atoms with Gasteiger partial charge < -0.3 is 15.0 Å². The lowest BCUT2D eigenvalue weighted by Crippen LogP contribution is -2.34. The number of rotatable bonds is 7. The molecule has 31 heavy (non-hydrogen) atoms. The second-order valence-corrected chi connectivity index (χ2v) is 8.77. The Kier molecular flexibility index (Phi) is 6.92. The predicted molar refractivity (Wildman–Crippen MR) is 127 cm³/mol. The van der Waals surface area contributed by atoms with E-state index in [1.165, 1.54) is 11.8 Å². The molecule has 1 aliphatic rings. The molecule has 1 aromatic heterocycles. The van der Waals surface area contributed by atoms with E-state index in [-0.39, 0.29) is 11.7 Å². The zero-order chi connectivity index (χ0) is 21.6. The molecule has 1 amide bonds. The number of carbonyl (C=O) groups excluding carboxylic acids is 1. The van der Waals surface area contributed by atoms with Crippen molar-refractivity contribution in [2.75, 3.05) is 35.7 Å². The Hall–Kier alpha value is -2.80. The van der Waals surface area contributed by atoms with Crippen LogP contribution in [0, 0.1) is 5.92 Å². The molecule has 2 aromatic carbocycles. The van der Waals surface area contributed by atoms with Crippen molar-refractivity contribution in [1.82, 2.24) is 9.97 Å². The summed E-state index contributed by atoms with van der Waals surface area (Å²) in [7, 11) is 0. The maximum Gasteiger partial charge on any atom is 0.234 e. The van der Waals surface area contributed by atoms with E-state index in [1.807, 2.05) is 55.5 Å². The highest BCUT2D eigenvalue weighted by Gasteiger charge is 2.22. The summed E-state index contributed by atoms with van der Waals surface area (Å²) in [5.74, 6) is 2.63. The van der Waals surface area contributed by atoms with Crippen LogP contribution in [0.2, 0.25) is 0 Å². The molecule has 0 aliphatic carbocycles. The smallest absolute Gasteiger partial charge is 0.234 e. The summed E-state index contributed by atoms with van der Waals surface area (Å²) in [4.78, 5) is 24.6.